The van der Waals surface area contributed by atoms with Crippen LogP contribution in [0.2, 0.25) is 0 Å². The van der Waals surface area contributed by atoms with E-state index in [9.17, 15) is 13.2 Å². The molecule has 7 nitrogen and oxygen atoms in total. The predicted octanol–water partition coefficient (Wildman–Crippen LogP) is 1.79. The quantitative estimate of drug-likeness (QED) is 0.695. The Morgan fingerprint density at radius 2 is 1.93 bits per heavy atom. The van der Waals surface area contributed by atoms with E-state index in [1.54, 1.807) is 4.90 Å². The van der Waals surface area contributed by atoms with Gasteiger partial charge in [0.2, 0.25) is 5.91 Å². The summed E-state index contributed by atoms with van der Waals surface area (Å²) in [6, 6.07) is -0.219. The van der Waals surface area contributed by atoms with Crippen LogP contribution in [0.4, 0.5) is 0 Å². The van der Waals surface area contributed by atoms with Crippen molar-refractivity contribution in [3.05, 3.63) is 17.3 Å². The minimum atomic E-state index is -3.04. The molecule has 1 atom stereocenters. The average Bonchev–Trinajstić information content (AvgIpc) is 3.07. The van der Waals surface area contributed by atoms with Gasteiger partial charge in [-0.25, -0.2) is 13.4 Å². The third kappa shape index (κ3) is 6.04. The zero-order valence-electron chi connectivity index (χ0n) is 17.4. The molecule has 1 fully saturated rings. The molecule has 0 bridgehead atoms. The van der Waals surface area contributed by atoms with E-state index in [-0.39, 0.29) is 28.9 Å². The fraction of sp³-hybridized carbons (Fsp3) is 0.789. The van der Waals surface area contributed by atoms with Crippen molar-refractivity contribution in [2.75, 3.05) is 38.7 Å². The average molecular weight is 400 g/mol. The number of hydrogen-bond donors (Lipinski definition) is 0. The number of hydrogen-bond acceptors (Lipinski definition) is 6. The number of carbonyl (C=O) groups is 1. The molecule has 8 heteroatoms. The molecule has 154 valence electrons. The molecule has 2 heterocycles. The number of carbonyl (C=O) groups excluding carboxylic acids is 1. The first-order chi connectivity index (χ1) is 12.4. The normalized spacial score (nSPS) is 19.6. The van der Waals surface area contributed by atoms with Gasteiger partial charge in [0.1, 0.15) is 5.76 Å². The summed E-state index contributed by atoms with van der Waals surface area (Å²) >= 11 is 0. The first kappa shape index (κ1) is 21.9. The van der Waals surface area contributed by atoms with Gasteiger partial charge >= 0.3 is 0 Å². The number of likely N-dealkylation sites (N-methyl/N-ethyl adjacent to an activating group) is 1. The standard InChI is InChI=1S/C19H33N3O4S/c1-14-16(26-18(20-14)19(2,3)4)7-8-17(23)22(11-10-21(5)6)15-9-12-27(24,25)13-15/h15H,7-13H2,1-6H3. The molecular weight excluding hydrogens is 366 g/mol. The summed E-state index contributed by atoms with van der Waals surface area (Å²) in [5.74, 6) is 1.63. The van der Waals surface area contributed by atoms with E-state index < -0.39 is 9.84 Å². The second kappa shape index (κ2) is 8.31. The molecule has 1 saturated heterocycles. The number of oxazole rings is 1. The van der Waals surface area contributed by atoms with Crippen LogP contribution in [0, 0.1) is 6.92 Å². The summed E-state index contributed by atoms with van der Waals surface area (Å²) in [5, 5.41) is 0. The molecule has 1 aliphatic rings. The Morgan fingerprint density at radius 1 is 1.26 bits per heavy atom. The second-order valence-electron chi connectivity index (χ2n) is 8.72. The highest BCUT2D eigenvalue weighted by Crippen LogP contribution is 2.25. The van der Waals surface area contributed by atoms with Crippen LogP contribution in [0.25, 0.3) is 0 Å². The van der Waals surface area contributed by atoms with Crippen molar-refractivity contribution in [2.24, 2.45) is 0 Å². The van der Waals surface area contributed by atoms with Crippen LogP contribution in [-0.4, -0.2) is 73.8 Å². The lowest BCUT2D eigenvalue weighted by molar-refractivity contribution is -0.133. The predicted molar refractivity (Wildman–Crippen MR) is 106 cm³/mol. The van der Waals surface area contributed by atoms with Crippen LogP contribution in [0.5, 0.6) is 0 Å². The number of aromatic nitrogens is 1. The lowest BCUT2D eigenvalue weighted by Crippen LogP contribution is -2.44. The topological polar surface area (TPSA) is 83.7 Å². The van der Waals surface area contributed by atoms with Gasteiger partial charge in [0, 0.05) is 37.4 Å². The summed E-state index contributed by atoms with van der Waals surface area (Å²) in [6.07, 6.45) is 1.30. The Labute approximate surface area is 163 Å². The van der Waals surface area contributed by atoms with Gasteiger partial charge in [-0.3, -0.25) is 4.79 Å². The Balaban J connectivity index is 2.06. The number of nitrogens with zero attached hydrogens (tertiary/aromatic N) is 3. The van der Waals surface area contributed by atoms with Crippen LogP contribution >= 0.6 is 0 Å². The van der Waals surface area contributed by atoms with Gasteiger partial charge in [0.15, 0.2) is 15.7 Å². The van der Waals surface area contributed by atoms with Gasteiger partial charge in [-0.05, 0) is 27.4 Å². The molecule has 0 aromatic carbocycles. The molecule has 0 radical (unpaired) electrons. The monoisotopic (exact) mass is 399 g/mol. The lowest BCUT2D eigenvalue weighted by Gasteiger charge is -2.29. The van der Waals surface area contributed by atoms with Gasteiger partial charge < -0.3 is 14.2 Å². The maximum atomic E-state index is 12.9. The van der Waals surface area contributed by atoms with Crippen LogP contribution < -0.4 is 0 Å². The van der Waals surface area contributed by atoms with Gasteiger partial charge in [-0.1, -0.05) is 20.8 Å². The number of amides is 1. The molecule has 0 saturated carbocycles. The van der Waals surface area contributed by atoms with E-state index in [0.29, 0.717) is 38.2 Å². The van der Waals surface area contributed by atoms with Crippen molar-refractivity contribution in [3.8, 4) is 0 Å². The van der Waals surface area contributed by atoms with Crippen molar-refractivity contribution in [1.29, 1.82) is 0 Å². The maximum absolute atomic E-state index is 12.9. The van der Waals surface area contributed by atoms with E-state index in [1.165, 1.54) is 0 Å². The van der Waals surface area contributed by atoms with E-state index >= 15 is 0 Å². The first-order valence-corrected chi connectivity index (χ1v) is 11.3. The molecule has 1 aromatic heterocycles. The highest BCUT2D eigenvalue weighted by Gasteiger charge is 2.34. The van der Waals surface area contributed by atoms with Crippen LogP contribution in [-0.2, 0) is 26.5 Å². The zero-order valence-corrected chi connectivity index (χ0v) is 18.2. The van der Waals surface area contributed by atoms with E-state index in [1.807, 2.05) is 46.7 Å². The Bertz CT molecular complexity index is 762. The minimum absolute atomic E-state index is 0.0212. The van der Waals surface area contributed by atoms with Gasteiger partial charge in [-0.2, -0.15) is 0 Å². The summed E-state index contributed by atoms with van der Waals surface area (Å²) in [6.45, 7) is 9.25. The van der Waals surface area contributed by atoms with E-state index in [0.717, 1.165) is 11.5 Å². The molecule has 0 spiro atoms. The Morgan fingerprint density at radius 3 is 2.41 bits per heavy atom. The van der Waals surface area contributed by atoms with Crippen molar-refractivity contribution in [2.45, 2.75) is 58.4 Å². The Hall–Kier alpha value is -1.41. The van der Waals surface area contributed by atoms with Crippen LogP contribution in [0.3, 0.4) is 0 Å². The first-order valence-electron chi connectivity index (χ1n) is 9.50. The maximum Gasteiger partial charge on any atom is 0.223 e. The van der Waals surface area contributed by atoms with Crippen molar-refractivity contribution in [1.82, 2.24) is 14.8 Å². The van der Waals surface area contributed by atoms with Crippen LogP contribution in [0.1, 0.15) is 51.0 Å². The number of rotatable bonds is 7. The molecular formula is C19H33N3O4S. The Kier molecular flexibility index (Phi) is 6.73. The molecule has 1 amide bonds. The smallest absolute Gasteiger partial charge is 0.223 e. The molecule has 1 unspecified atom stereocenters. The number of aryl methyl sites for hydroxylation is 2. The number of sulfone groups is 1. The highest BCUT2D eigenvalue weighted by atomic mass is 32.2. The second-order valence-corrected chi connectivity index (χ2v) is 11.0. The van der Waals surface area contributed by atoms with Gasteiger partial charge in [0.05, 0.1) is 17.2 Å². The molecule has 0 aliphatic carbocycles. The fourth-order valence-electron chi connectivity index (χ4n) is 3.18. The highest BCUT2D eigenvalue weighted by molar-refractivity contribution is 7.91. The summed E-state index contributed by atoms with van der Waals surface area (Å²) < 4.78 is 29.6. The summed E-state index contributed by atoms with van der Waals surface area (Å²) in [4.78, 5) is 21.1. The third-order valence-electron chi connectivity index (χ3n) is 4.86. The summed E-state index contributed by atoms with van der Waals surface area (Å²) in [7, 11) is 0.853. The lowest BCUT2D eigenvalue weighted by atomic mass is 9.97. The molecule has 2 rings (SSSR count). The van der Waals surface area contributed by atoms with E-state index in [2.05, 4.69) is 4.98 Å². The van der Waals surface area contributed by atoms with Crippen molar-refractivity contribution < 1.29 is 17.6 Å². The van der Waals surface area contributed by atoms with Gasteiger partial charge in [-0.15, -0.1) is 0 Å². The van der Waals surface area contributed by atoms with E-state index in [4.69, 9.17) is 4.42 Å². The molecule has 1 aliphatic heterocycles. The molecule has 1 aromatic rings. The van der Waals surface area contributed by atoms with Crippen LogP contribution in [0.15, 0.2) is 4.42 Å². The van der Waals surface area contributed by atoms with Gasteiger partial charge in [0.25, 0.3) is 0 Å². The van der Waals surface area contributed by atoms with Crippen molar-refractivity contribution in [3.63, 3.8) is 0 Å². The molecule has 0 N–H and O–H groups in total. The SMILES string of the molecule is Cc1nc(C(C)(C)C)oc1CCC(=O)N(CCN(C)C)C1CCS(=O)(=O)C1. The third-order valence-corrected chi connectivity index (χ3v) is 6.61. The fourth-order valence-corrected chi connectivity index (χ4v) is 4.92. The minimum Gasteiger partial charge on any atom is -0.445 e. The molecule has 27 heavy (non-hydrogen) atoms. The van der Waals surface area contributed by atoms with Crippen molar-refractivity contribution >= 4 is 15.7 Å². The summed E-state index contributed by atoms with van der Waals surface area (Å²) in [5.41, 5.74) is 0.638. The zero-order chi connectivity index (χ0) is 20.4. The largest absolute Gasteiger partial charge is 0.445 e.